The Hall–Kier alpha value is -1.85. The average molecular weight is 358 g/mol. The maximum absolute atomic E-state index is 12.5. The third kappa shape index (κ3) is 4.22. The van der Waals surface area contributed by atoms with E-state index in [1.807, 2.05) is 12.1 Å². The monoisotopic (exact) mass is 357 g/mol. The number of nitrogens with one attached hydrogen (secondary N) is 1. The third-order valence-corrected chi connectivity index (χ3v) is 5.94. The van der Waals surface area contributed by atoms with E-state index in [-0.39, 0.29) is 0 Å². The Kier molecular flexibility index (Phi) is 6.10. The van der Waals surface area contributed by atoms with E-state index in [1.165, 1.54) is 16.9 Å². The number of hydrogen-bond acceptors (Lipinski definition) is 3. The second-order valence-electron chi connectivity index (χ2n) is 6.20. The molecule has 1 N–H and O–H groups in total. The highest BCUT2D eigenvalue weighted by Gasteiger charge is 2.17. The van der Waals surface area contributed by atoms with Crippen LogP contribution >= 0.6 is 0 Å². The van der Waals surface area contributed by atoms with Crippen LogP contribution in [0.15, 0.2) is 53.4 Å². The fourth-order valence-corrected chi connectivity index (χ4v) is 4.19. The summed E-state index contributed by atoms with van der Waals surface area (Å²) in [6, 6.07) is 16.6. The zero-order chi connectivity index (χ0) is 17.6. The lowest BCUT2D eigenvalue weighted by Crippen LogP contribution is -2.31. The van der Waals surface area contributed by atoms with E-state index in [4.69, 9.17) is 0 Å². The van der Waals surface area contributed by atoms with Crippen LogP contribution in [-0.2, 0) is 17.4 Å². The number of nitrogens with zero attached hydrogens (tertiary/aromatic N) is 2. The molecule has 4 nitrogen and oxygen atoms in total. The van der Waals surface area contributed by atoms with Crippen LogP contribution in [0.4, 0.5) is 11.4 Å². The van der Waals surface area contributed by atoms with E-state index in [1.54, 1.807) is 0 Å². The summed E-state index contributed by atoms with van der Waals surface area (Å²) in [5, 5.41) is 0. The van der Waals surface area contributed by atoms with Crippen molar-refractivity contribution in [2.45, 2.75) is 25.2 Å². The van der Waals surface area contributed by atoms with E-state index in [9.17, 15) is 4.21 Å². The van der Waals surface area contributed by atoms with Crippen LogP contribution in [0, 0.1) is 0 Å². The van der Waals surface area contributed by atoms with Gasteiger partial charge in [-0.1, -0.05) is 18.2 Å². The van der Waals surface area contributed by atoms with Gasteiger partial charge in [0.25, 0.3) is 0 Å². The highest BCUT2D eigenvalue weighted by Crippen LogP contribution is 2.26. The number of hydrogen-bond donors (Lipinski definition) is 1. The first-order chi connectivity index (χ1) is 12.2. The van der Waals surface area contributed by atoms with Gasteiger partial charge in [-0.15, -0.1) is 0 Å². The summed E-state index contributed by atoms with van der Waals surface area (Å²) in [6.07, 6.45) is 1.10. The molecule has 0 saturated heterocycles. The molecule has 0 fully saturated rings. The topological polar surface area (TPSA) is 35.6 Å². The average Bonchev–Trinajstić information content (AvgIpc) is 3.06. The standard InChI is InChI=1S/C20H27N3OS/c1-3-22(4-2)18-9-11-19(12-10-18)25(24)21-14-16-23-15-13-17-7-5-6-8-20(17)23/h5-12,21H,3-4,13-16H2,1-2H3. The Morgan fingerprint density at radius 3 is 2.52 bits per heavy atom. The van der Waals surface area contributed by atoms with Crippen LogP contribution in [0.1, 0.15) is 19.4 Å². The molecule has 0 radical (unpaired) electrons. The lowest BCUT2D eigenvalue weighted by molar-refractivity contribution is 0.669. The Morgan fingerprint density at radius 1 is 1.08 bits per heavy atom. The van der Waals surface area contributed by atoms with Crippen molar-refractivity contribution < 1.29 is 4.21 Å². The Bertz CT molecular complexity index is 713. The van der Waals surface area contributed by atoms with Crippen molar-refractivity contribution in [2.24, 2.45) is 0 Å². The second-order valence-corrected chi connectivity index (χ2v) is 7.49. The van der Waals surface area contributed by atoms with Gasteiger partial charge in [0.1, 0.15) is 11.0 Å². The number of fused-ring (bicyclic) bond motifs is 1. The maximum Gasteiger partial charge on any atom is 0.124 e. The number of rotatable bonds is 8. The zero-order valence-electron chi connectivity index (χ0n) is 15.1. The third-order valence-electron chi connectivity index (χ3n) is 4.78. The molecule has 0 bridgehead atoms. The zero-order valence-corrected chi connectivity index (χ0v) is 15.9. The van der Waals surface area contributed by atoms with E-state index >= 15 is 0 Å². The minimum Gasteiger partial charge on any atom is -0.372 e. The van der Waals surface area contributed by atoms with E-state index in [0.717, 1.165) is 37.5 Å². The second kappa shape index (κ2) is 8.50. The van der Waals surface area contributed by atoms with Crippen molar-refractivity contribution >= 4 is 22.4 Å². The molecule has 0 aromatic heterocycles. The smallest absolute Gasteiger partial charge is 0.124 e. The highest BCUT2D eigenvalue weighted by atomic mass is 32.2. The summed E-state index contributed by atoms with van der Waals surface area (Å²) < 4.78 is 15.6. The van der Waals surface area contributed by atoms with Crippen LogP contribution in [0.3, 0.4) is 0 Å². The lowest BCUT2D eigenvalue weighted by Gasteiger charge is -2.21. The molecule has 2 aromatic rings. The fraction of sp³-hybridized carbons (Fsp3) is 0.400. The van der Waals surface area contributed by atoms with Crippen molar-refractivity contribution in [1.29, 1.82) is 0 Å². The fourth-order valence-electron chi connectivity index (χ4n) is 3.36. The molecule has 0 spiro atoms. The first-order valence-corrected chi connectivity index (χ1v) is 10.2. The molecule has 1 aliphatic heterocycles. The first-order valence-electron chi connectivity index (χ1n) is 9.06. The van der Waals surface area contributed by atoms with Gasteiger partial charge in [0, 0.05) is 44.1 Å². The van der Waals surface area contributed by atoms with Crippen molar-refractivity contribution in [1.82, 2.24) is 4.72 Å². The van der Waals surface area contributed by atoms with Gasteiger partial charge in [0.15, 0.2) is 0 Å². The van der Waals surface area contributed by atoms with E-state index in [2.05, 4.69) is 64.8 Å². The van der Waals surface area contributed by atoms with E-state index < -0.39 is 11.0 Å². The largest absolute Gasteiger partial charge is 0.372 e. The predicted octanol–water partition coefficient (Wildman–Crippen LogP) is 3.21. The Balaban J connectivity index is 1.51. The first kappa shape index (κ1) is 18.0. The van der Waals surface area contributed by atoms with Crippen LogP contribution in [0.25, 0.3) is 0 Å². The van der Waals surface area contributed by atoms with E-state index in [0.29, 0.717) is 6.54 Å². The van der Waals surface area contributed by atoms with Crippen LogP contribution in [0.5, 0.6) is 0 Å². The number of para-hydroxylation sites is 1. The summed E-state index contributed by atoms with van der Waals surface area (Å²) >= 11 is 0. The molecule has 1 atom stereocenters. The summed E-state index contributed by atoms with van der Waals surface area (Å²) in [4.78, 5) is 5.48. The molecule has 134 valence electrons. The summed E-state index contributed by atoms with van der Waals surface area (Å²) in [5.74, 6) is 0. The molecular formula is C20H27N3OS. The molecule has 1 unspecified atom stereocenters. The molecule has 3 rings (SSSR count). The SMILES string of the molecule is CCN(CC)c1ccc(S(=O)NCCN2CCc3ccccc32)cc1. The van der Waals surface area contributed by atoms with Gasteiger partial charge in [-0.2, -0.15) is 0 Å². The Morgan fingerprint density at radius 2 is 1.80 bits per heavy atom. The van der Waals surface area contributed by atoms with Crippen molar-refractivity contribution in [2.75, 3.05) is 42.5 Å². The molecule has 25 heavy (non-hydrogen) atoms. The molecule has 0 aliphatic carbocycles. The Labute approximate surface area is 153 Å². The molecule has 2 aromatic carbocycles. The van der Waals surface area contributed by atoms with Crippen LogP contribution in [-0.4, -0.2) is 36.9 Å². The minimum atomic E-state index is -1.16. The minimum absolute atomic E-state index is 0.707. The molecule has 0 saturated carbocycles. The molecule has 5 heteroatoms. The van der Waals surface area contributed by atoms with Gasteiger partial charge >= 0.3 is 0 Å². The van der Waals surface area contributed by atoms with Gasteiger partial charge in [-0.3, -0.25) is 0 Å². The molecule has 0 amide bonds. The number of benzene rings is 2. The van der Waals surface area contributed by atoms with Gasteiger partial charge in [0.2, 0.25) is 0 Å². The molecule has 1 aliphatic rings. The lowest BCUT2D eigenvalue weighted by atomic mass is 10.2. The van der Waals surface area contributed by atoms with Gasteiger partial charge in [-0.25, -0.2) is 8.93 Å². The quantitative estimate of drug-likeness (QED) is 0.788. The molecular weight excluding hydrogens is 330 g/mol. The van der Waals surface area contributed by atoms with Crippen LogP contribution in [0.2, 0.25) is 0 Å². The van der Waals surface area contributed by atoms with Crippen molar-refractivity contribution in [3.8, 4) is 0 Å². The van der Waals surface area contributed by atoms with Gasteiger partial charge in [-0.05, 0) is 56.2 Å². The predicted molar refractivity (Wildman–Crippen MR) is 107 cm³/mol. The number of anilines is 2. The van der Waals surface area contributed by atoms with Crippen LogP contribution < -0.4 is 14.5 Å². The summed E-state index contributed by atoms with van der Waals surface area (Å²) in [7, 11) is -1.16. The van der Waals surface area contributed by atoms with Crippen molar-refractivity contribution in [3.05, 3.63) is 54.1 Å². The normalized spacial score (nSPS) is 14.4. The summed E-state index contributed by atoms with van der Waals surface area (Å²) in [6.45, 7) is 8.88. The summed E-state index contributed by atoms with van der Waals surface area (Å²) in [5.41, 5.74) is 3.91. The molecule has 1 heterocycles. The van der Waals surface area contributed by atoms with Gasteiger partial charge < -0.3 is 9.80 Å². The van der Waals surface area contributed by atoms with Gasteiger partial charge in [0.05, 0.1) is 4.90 Å². The van der Waals surface area contributed by atoms with Crippen molar-refractivity contribution in [3.63, 3.8) is 0 Å². The highest BCUT2D eigenvalue weighted by molar-refractivity contribution is 7.83. The maximum atomic E-state index is 12.5.